The van der Waals surface area contributed by atoms with E-state index < -0.39 is 12.0 Å². The maximum atomic E-state index is 11.2. The molecule has 0 aliphatic rings. The Hall–Kier alpha value is -1.10. The van der Waals surface area contributed by atoms with Gasteiger partial charge in [0.25, 0.3) is 0 Å². The third-order valence-corrected chi connectivity index (χ3v) is 1.92. The van der Waals surface area contributed by atoms with E-state index in [2.05, 4.69) is 5.32 Å². The lowest BCUT2D eigenvalue weighted by Crippen LogP contribution is -2.41. The molecule has 1 amide bonds. The van der Waals surface area contributed by atoms with Crippen LogP contribution in [0.5, 0.6) is 0 Å². The Balaban J connectivity index is 3.71. The number of aliphatic carboxylic acids is 1. The zero-order valence-electron chi connectivity index (χ0n) is 8.62. The van der Waals surface area contributed by atoms with Gasteiger partial charge in [-0.2, -0.15) is 0 Å². The minimum atomic E-state index is -0.855. The van der Waals surface area contributed by atoms with Crippen molar-refractivity contribution in [1.82, 2.24) is 5.32 Å². The highest BCUT2D eigenvalue weighted by Gasteiger charge is 2.13. The fourth-order valence-corrected chi connectivity index (χ4v) is 0.962. The van der Waals surface area contributed by atoms with Crippen LogP contribution in [0.25, 0.3) is 0 Å². The predicted octanol–water partition coefficient (Wildman–Crippen LogP) is -0.0493. The Bertz CT molecular complexity index is 206. The lowest BCUT2D eigenvalue weighted by Gasteiger charge is -2.13. The molecule has 2 atom stereocenters. The van der Waals surface area contributed by atoms with E-state index in [1.54, 1.807) is 6.92 Å². The van der Waals surface area contributed by atoms with Gasteiger partial charge in [-0.3, -0.25) is 9.59 Å². The Morgan fingerprint density at radius 3 is 2.50 bits per heavy atom. The zero-order valence-corrected chi connectivity index (χ0v) is 8.62. The molecular weight excluding hydrogens is 184 g/mol. The van der Waals surface area contributed by atoms with Gasteiger partial charge in [0.15, 0.2) is 0 Å². The van der Waals surface area contributed by atoms with Crippen LogP contribution in [0, 0.1) is 5.92 Å². The molecule has 0 spiro atoms. The highest BCUT2D eigenvalue weighted by molar-refractivity contribution is 5.81. The summed E-state index contributed by atoms with van der Waals surface area (Å²) >= 11 is 0. The minimum Gasteiger partial charge on any atom is -0.481 e. The number of carbonyl (C=O) groups excluding carboxylic acids is 1. The molecule has 0 radical (unpaired) electrons. The van der Waals surface area contributed by atoms with Crippen molar-refractivity contribution in [2.45, 2.75) is 32.7 Å². The number of carboxylic acids is 1. The molecule has 0 saturated heterocycles. The lowest BCUT2D eigenvalue weighted by atomic mass is 10.1. The van der Waals surface area contributed by atoms with Crippen molar-refractivity contribution in [2.75, 3.05) is 6.54 Å². The molecule has 0 fully saturated rings. The van der Waals surface area contributed by atoms with Gasteiger partial charge < -0.3 is 16.2 Å². The molecule has 5 heteroatoms. The van der Waals surface area contributed by atoms with Crippen molar-refractivity contribution in [2.24, 2.45) is 11.7 Å². The third-order valence-electron chi connectivity index (χ3n) is 1.92. The summed E-state index contributed by atoms with van der Waals surface area (Å²) in [5.74, 6) is -1.14. The van der Waals surface area contributed by atoms with Crippen LogP contribution in [0.1, 0.15) is 26.7 Å². The van der Waals surface area contributed by atoms with Crippen LogP contribution in [-0.4, -0.2) is 29.6 Å². The Labute approximate surface area is 83.7 Å². The summed E-state index contributed by atoms with van der Waals surface area (Å²) in [7, 11) is 0. The molecule has 0 aromatic rings. The second-order valence-corrected chi connectivity index (χ2v) is 3.46. The average molecular weight is 202 g/mol. The second kappa shape index (κ2) is 6.37. The normalized spacial score (nSPS) is 14.5. The van der Waals surface area contributed by atoms with E-state index in [1.165, 1.54) is 0 Å². The van der Waals surface area contributed by atoms with E-state index >= 15 is 0 Å². The van der Waals surface area contributed by atoms with Gasteiger partial charge >= 0.3 is 5.97 Å². The largest absolute Gasteiger partial charge is 0.481 e. The van der Waals surface area contributed by atoms with Crippen molar-refractivity contribution in [3.8, 4) is 0 Å². The molecule has 0 aliphatic heterocycles. The second-order valence-electron chi connectivity index (χ2n) is 3.46. The molecule has 4 N–H and O–H groups in total. The molecule has 0 bridgehead atoms. The first-order valence-electron chi connectivity index (χ1n) is 4.72. The maximum absolute atomic E-state index is 11.2. The number of carboxylic acid groups (broad SMARTS) is 1. The van der Waals surface area contributed by atoms with Gasteiger partial charge in [0, 0.05) is 13.0 Å². The Morgan fingerprint density at radius 1 is 1.50 bits per heavy atom. The van der Waals surface area contributed by atoms with E-state index in [9.17, 15) is 9.59 Å². The van der Waals surface area contributed by atoms with Gasteiger partial charge in [-0.05, 0) is 12.3 Å². The maximum Gasteiger partial charge on any atom is 0.303 e. The van der Waals surface area contributed by atoms with E-state index in [-0.39, 0.29) is 18.2 Å². The van der Waals surface area contributed by atoms with Crippen LogP contribution in [0.2, 0.25) is 0 Å². The fourth-order valence-electron chi connectivity index (χ4n) is 0.962. The molecule has 82 valence electrons. The predicted molar refractivity (Wildman–Crippen MR) is 52.7 cm³/mol. The SMILES string of the molecule is CCC(N)C(=O)NCC(C)CC(=O)O. The zero-order chi connectivity index (χ0) is 11.1. The molecule has 0 aromatic carbocycles. The lowest BCUT2D eigenvalue weighted by molar-refractivity contribution is -0.138. The summed E-state index contributed by atoms with van der Waals surface area (Å²) in [6.45, 7) is 3.95. The van der Waals surface area contributed by atoms with Crippen molar-refractivity contribution in [3.63, 3.8) is 0 Å². The van der Waals surface area contributed by atoms with E-state index in [0.29, 0.717) is 13.0 Å². The topological polar surface area (TPSA) is 92.4 Å². The van der Waals surface area contributed by atoms with Crippen LogP contribution in [0.15, 0.2) is 0 Å². The monoisotopic (exact) mass is 202 g/mol. The molecule has 5 nitrogen and oxygen atoms in total. The number of nitrogens with one attached hydrogen (secondary N) is 1. The van der Waals surface area contributed by atoms with E-state index in [4.69, 9.17) is 10.8 Å². The van der Waals surface area contributed by atoms with Crippen molar-refractivity contribution in [3.05, 3.63) is 0 Å². The van der Waals surface area contributed by atoms with Crippen molar-refractivity contribution < 1.29 is 14.7 Å². The molecule has 0 saturated carbocycles. The summed E-state index contributed by atoms with van der Waals surface area (Å²) in [4.78, 5) is 21.5. The molecule has 0 aromatic heterocycles. The smallest absolute Gasteiger partial charge is 0.303 e. The van der Waals surface area contributed by atoms with Gasteiger partial charge in [0.1, 0.15) is 0 Å². The summed E-state index contributed by atoms with van der Waals surface area (Å²) < 4.78 is 0. The van der Waals surface area contributed by atoms with Crippen LogP contribution in [0.3, 0.4) is 0 Å². The average Bonchev–Trinajstić information content (AvgIpc) is 2.11. The van der Waals surface area contributed by atoms with Gasteiger partial charge in [-0.15, -0.1) is 0 Å². The number of hydrogen-bond acceptors (Lipinski definition) is 3. The number of rotatable bonds is 6. The third kappa shape index (κ3) is 5.53. The number of nitrogens with two attached hydrogens (primary N) is 1. The molecule has 0 heterocycles. The van der Waals surface area contributed by atoms with Gasteiger partial charge in [0.05, 0.1) is 6.04 Å². The summed E-state index contributed by atoms with van der Waals surface area (Å²) in [6, 6.07) is -0.493. The van der Waals surface area contributed by atoms with Crippen LogP contribution < -0.4 is 11.1 Å². The van der Waals surface area contributed by atoms with Crippen LogP contribution >= 0.6 is 0 Å². The summed E-state index contributed by atoms with van der Waals surface area (Å²) in [5.41, 5.74) is 5.48. The number of hydrogen-bond donors (Lipinski definition) is 3. The highest BCUT2D eigenvalue weighted by Crippen LogP contribution is 1.99. The summed E-state index contributed by atoms with van der Waals surface area (Å²) in [5, 5.41) is 11.1. The van der Waals surface area contributed by atoms with Gasteiger partial charge in [-0.1, -0.05) is 13.8 Å². The van der Waals surface area contributed by atoms with Gasteiger partial charge in [-0.25, -0.2) is 0 Å². The first kappa shape index (κ1) is 12.9. The van der Waals surface area contributed by atoms with E-state index in [0.717, 1.165) is 0 Å². The Kier molecular flexibility index (Phi) is 5.87. The van der Waals surface area contributed by atoms with Crippen molar-refractivity contribution >= 4 is 11.9 Å². The Morgan fingerprint density at radius 2 is 2.07 bits per heavy atom. The van der Waals surface area contributed by atoms with Crippen LogP contribution in [-0.2, 0) is 9.59 Å². The summed E-state index contributed by atoms with van der Waals surface area (Å²) in [6.07, 6.45) is 0.640. The van der Waals surface area contributed by atoms with Gasteiger partial charge in [0.2, 0.25) is 5.91 Å². The fraction of sp³-hybridized carbons (Fsp3) is 0.778. The molecule has 2 unspecified atom stereocenters. The number of carbonyl (C=O) groups is 2. The highest BCUT2D eigenvalue weighted by atomic mass is 16.4. The van der Waals surface area contributed by atoms with Crippen molar-refractivity contribution in [1.29, 1.82) is 0 Å². The quantitative estimate of drug-likeness (QED) is 0.563. The first-order valence-corrected chi connectivity index (χ1v) is 4.72. The molecule has 14 heavy (non-hydrogen) atoms. The minimum absolute atomic E-state index is 0.0572. The first-order chi connectivity index (χ1) is 6.47. The standard InChI is InChI=1S/C9H18N2O3/c1-3-7(10)9(14)11-5-6(2)4-8(12)13/h6-7H,3-5,10H2,1-2H3,(H,11,14)(H,12,13). The molecule has 0 rings (SSSR count). The molecular formula is C9H18N2O3. The number of amides is 1. The van der Waals surface area contributed by atoms with Crippen LogP contribution in [0.4, 0.5) is 0 Å². The molecule has 0 aliphatic carbocycles. The van der Waals surface area contributed by atoms with E-state index in [1.807, 2.05) is 6.92 Å².